The fourth-order valence-electron chi connectivity index (χ4n) is 2.58. The monoisotopic (exact) mass is 465 g/mol. The highest BCUT2D eigenvalue weighted by Crippen LogP contribution is 2.24. The van der Waals surface area contributed by atoms with E-state index in [2.05, 4.69) is 26.1 Å². The first-order valence-corrected chi connectivity index (χ1v) is 11.9. The largest absolute Gasteiger partial charge is 0.305 e. The highest BCUT2D eigenvalue weighted by Gasteiger charge is 2.21. The first kappa shape index (κ1) is 20.1. The number of rotatable bonds is 7. The topological polar surface area (TPSA) is 64.8 Å². The normalized spacial score (nSPS) is 11.7. The van der Waals surface area contributed by atoms with Crippen molar-refractivity contribution in [1.29, 1.82) is 0 Å². The van der Waals surface area contributed by atoms with E-state index in [1.807, 2.05) is 42.7 Å². The van der Waals surface area contributed by atoms with Crippen molar-refractivity contribution in [2.75, 3.05) is 0 Å². The van der Waals surface area contributed by atoms with Crippen LogP contribution in [0, 0.1) is 6.92 Å². The fraction of sp³-hybridized carbons (Fsp3) is 0.263. The molecule has 0 unspecified atom stereocenters. The molecule has 0 saturated carbocycles. The van der Waals surface area contributed by atoms with Crippen LogP contribution < -0.4 is 0 Å². The van der Waals surface area contributed by atoms with Crippen LogP contribution in [0.15, 0.2) is 63.1 Å². The number of benzene rings is 2. The van der Waals surface area contributed by atoms with Gasteiger partial charge in [0, 0.05) is 16.8 Å². The first-order valence-electron chi connectivity index (χ1n) is 8.48. The molecule has 5 nitrogen and oxygen atoms in total. The minimum atomic E-state index is -3.46. The van der Waals surface area contributed by atoms with Crippen molar-refractivity contribution in [2.24, 2.45) is 0 Å². The van der Waals surface area contributed by atoms with Gasteiger partial charge in [0.25, 0.3) is 0 Å². The van der Waals surface area contributed by atoms with Gasteiger partial charge in [-0.05, 0) is 43.7 Å². The van der Waals surface area contributed by atoms with Gasteiger partial charge in [0.15, 0.2) is 15.0 Å². The second-order valence-corrected chi connectivity index (χ2v) is 9.98. The van der Waals surface area contributed by atoms with E-state index in [4.69, 9.17) is 0 Å². The van der Waals surface area contributed by atoms with E-state index >= 15 is 0 Å². The van der Waals surface area contributed by atoms with Gasteiger partial charge in [0.05, 0.1) is 4.90 Å². The average molecular weight is 466 g/mol. The first-order chi connectivity index (χ1) is 12.9. The molecule has 0 spiro atoms. The van der Waals surface area contributed by atoms with Crippen LogP contribution >= 0.6 is 27.7 Å². The molecule has 8 heteroatoms. The number of nitrogens with zero attached hydrogens (tertiary/aromatic N) is 3. The van der Waals surface area contributed by atoms with Crippen molar-refractivity contribution >= 4 is 37.5 Å². The number of halogens is 1. The van der Waals surface area contributed by atoms with E-state index in [1.165, 1.54) is 5.56 Å². The van der Waals surface area contributed by atoms with Gasteiger partial charge in [0.1, 0.15) is 11.6 Å². The lowest BCUT2D eigenvalue weighted by atomic mass is 10.2. The summed E-state index contributed by atoms with van der Waals surface area (Å²) in [5, 5.41) is 9.09. The Hall–Kier alpha value is -1.64. The summed E-state index contributed by atoms with van der Waals surface area (Å²) in [4.78, 5) is 0.308. The molecule has 0 amide bonds. The van der Waals surface area contributed by atoms with Gasteiger partial charge in [-0.2, -0.15) is 0 Å². The Bertz CT molecular complexity index is 1010. The van der Waals surface area contributed by atoms with E-state index in [9.17, 15) is 8.42 Å². The van der Waals surface area contributed by atoms with E-state index in [0.717, 1.165) is 20.9 Å². The number of hydrogen-bond acceptors (Lipinski definition) is 5. The molecule has 0 N–H and O–H groups in total. The number of aryl methyl sites for hydroxylation is 1. The molecule has 3 aromatic rings. The molecular weight excluding hydrogens is 446 g/mol. The molecule has 0 aliphatic rings. The summed E-state index contributed by atoms with van der Waals surface area (Å²) >= 11 is 4.98. The summed E-state index contributed by atoms with van der Waals surface area (Å²) in [6, 6.07) is 15.0. The lowest BCUT2D eigenvalue weighted by Crippen LogP contribution is -2.11. The van der Waals surface area contributed by atoms with Crippen LogP contribution in [0.2, 0.25) is 0 Å². The van der Waals surface area contributed by atoms with Crippen LogP contribution in [-0.2, 0) is 27.9 Å². The standard InChI is InChI=1S/C19H20BrN3O2S2/c1-3-23-18(13-27(24,25)17-10-4-14(2)5-11-17)21-22-19(23)26-12-15-6-8-16(20)9-7-15/h4-11H,3,12-13H2,1-2H3. The van der Waals surface area contributed by atoms with Crippen molar-refractivity contribution in [1.82, 2.24) is 14.8 Å². The predicted molar refractivity (Wildman–Crippen MR) is 111 cm³/mol. The average Bonchev–Trinajstić information content (AvgIpc) is 3.02. The Balaban J connectivity index is 1.77. The Morgan fingerprint density at radius 2 is 1.70 bits per heavy atom. The lowest BCUT2D eigenvalue weighted by Gasteiger charge is -2.08. The van der Waals surface area contributed by atoms with Crippen LogP contribution in [0.3, 0.4) is 0 Å². The summed E-state index contributed by atoms with van der Waals surface area (Å²) in [7, 11) is -3.46. The third kappa shape index (κ3) is 5.00. The lowest BCUT2D eigenvalue weighted by molar-refractivity contribution is 0.588. The van der Waals surface area contributed by atoms with Crippen molar-refractivity contribution < 1.29 is 8.42 Å². The van der Waals surface area contributed by atoms with Gasteiger partial charge >= 0.3 is 0 Å². The quantitative estimate of drug-likeness (QED) is 0.475. The number of sulfone groups is 1. The second-order valence-electron chi connectivity index (χ2n) is 6.13. The zero-order valence-electron chi connectivity index (χ0n) is 15.1. The van der Waals surface area contributed by atoms with E-state index in [0.29, 0.717) is 17.3 Å². The van der Waals surface area contributed by atoms with Gasteiger partial charge in [-0.15, -0.1) is 10.2 Å². The van der Waals surface area contributed by atoms with Gasteiger partial charge in [-0.3, -0.25) is 0 Å². The third-order valence-electron chi connectivity index (χ3n) is 4.09. The molecule has 27 heavy (non-hydrogen) atoms. The van der Waals surface area contributed by atoms with Crippen molar-refractivity contribution in [3.05, 3.63) is 70.0 Å². The number of thioether (sulfide) groups is 1. The van der Waals surface area contributed by atoms with Crippen molar-refractivity contribution in [2.45, 2.75) is 41.9 Å². The molecule has 0 radical (unpaired) electrons. The second kappa shape index (κ2) is 8.58. The Morgan fingerprint density at radius 3 is 2.33 bits per heavy atom. The van der Waals surface area contributed by atoms with Crippen LogP contribution in [0.25, 0.3) is 0 Å². The molecule has 142 valence electrons. The van der Waals surface area contributed by atoms with Crippen molar-refractivity contribution in [3.8, 4) is 0 Å². The summed E-state index contributed by atoms with van der Waals surface area (Å²) in [6.45, 7) is 4.52. The number of hydrogen-bond donors (Lipinski definition) is 0. The van der Waals surface area contributed by atoms with E-state index in [-0.39, 0.29) is 5.75 Å². The SMILES string of the molecule is CCn1c(CS(=O)(=O)c2ccc(C)cc2)nnc1SCc1ccc(Br)cc1. The zero-order chi connectivity index (χ0) is 19.4. The molecule has 2 aromatic carbocycles. The summed E-state index contributed by atoms with van der Waals surface area (Å²) in [5.41, 5.74) is 2.19. The van der Waals surface area contributed by atoms with Crippen LogP contribution in [-0.4, -0.2) is 23.2 Å². The van der Waals surface area contributed by atoms with Gasteiger partial charge in [-0.1, -0.05) is 57.5 Å². The van der Waals surface area contributed by atoms with Crippen molar-refractivity contribution in [3.63, 3.8) is 0 Å². The maximum atomic E-state index is 12.7. The highest BCUT2D eigenvalue weighted by atomic mass is 79.9. The Labute approximate surface area is 172 Å². The van der Waals surface area contributed by atoms with E-state index in [1.54, 1.807) is 36.0 Å². The number of aromatic nitrogens is 3. The smallest absolute Gasteiger partial charge is 0.191 e. The highest BCUT2D eigenvalue weighted by molar-refractivity contribution is 9.10. The third-order valence-corrected chi connectivity index (χ3v) is 7.29. The molecule has 0 bridgehead atoms. The molecule has 0 saturated heterocycles. The molecule has 0 atom stereocenters. The summed E-state index contributed by atoms with van der Waals surface area (Å²) in [5.74, 6) is 1.06. The molecule has 1 aromatic heterocycles. The van der Waals surface area contributed by atoms with Gasteiger partial charge in [-0.25, -0.2) is 8.42 Å². The minimum absolute atomic E-state index is 0.157. The predicted octanol–water partition coefficient (Wildman–Crippen LogP) is 4.64. The molecule has 0 aliphatic heterocycles. The van der Waals surface area contributed by atoms with Gasteiger partial charge in [0.2, 0.25) is 0 Å². The maximum absolute atomic E-state index is 12.7. The summed E-state index contributed by atoms with van der Waals surface area (Å²) in [6.07, 6.45) is 0. The molecule has 1 heterocycles. The molecule has 0 fully saturated rings. The molecule has 3 rings (SSSR count). The summed E-state index contributed by atoms with van der Waals surface area (Å²) < 4.78 is 28.3. The zero-order valence-corrected chi connectivity index (χ0v) is 18.3. The maximum Gasteiger partial charge on any atom is 0.191 e. The van der Waals surface area contributed by atoms with E-state index < -0.39 is 9.84 Å². The Kier molecular flexibility index (Phi) is 6.39. The molecular formula is C19H20BrN3O2S2. The van der Waals surface area contributed by atoms with Crippen LogP contribution in [0.4, 0.5) is 0 Å². The minimum Gasteiger partial charge on any atom is -0.305 e. The Morgan fingerprint density at radius 1 is 1.04 bits per heavy atom. The fourth-order valence-corrected chi connectivity index (χ4v) is 5.09. The van der Waals surface area contributed by atoms with Gasteiger partial charge < -0.3 is 4.57 Å². The molecule has 0 aliphatic carbocycles. The van der Waals surface area contributed by atoms with Crippen LogP contribution in [0.5, 0.6) is 0 Å². The van der Waals surface area contributed by atoms with Crippen LogP contribution in [0.1, 0.15) is 23.9 Å².